The number of benzene rings is 1. The Balaban J connectivity index is 2.31. The summed E-state index contributed by atoms with van der Waals surface area (Å²) in [5.41, 5.74) is 2.23. The highest BCUT2D eigenvalue weighted by atomic mass is 14.9. The van der Waals surface area contributed by atoms with Crippen molar-refractivity contribution >= 4 is 5.69 Å². The second-order valence-corrected chi connectivity index (χ2v) is 3.05. The van der Waals surface area contributed by atoms with Crippen LogP contribution >= 0.6 is 0 Å². The molecule has 3 nitrogen and oxygen atoms in total. The molecule has 1 aromatic heterocycles. The first kappa shape index (κ1) is 8.81. The van der Waals surface area contributed by atoms with Crippen LogP contribution in [0, 0.1) is 0 Å². The SMILES string of the molecule is CCNc1cccc(-c2ncc[nH]2)c1. The van der Waals surface area contributed by atoms with E-state index in [1.807, 2.05) is 18.3 Å². The lowest BCUT2D eigenvalue weighted by atomic mass is 10.2. The monoisotopic (exact) mass is 187 g/mol. The normalized spacial score (nSPS) is 10.1. The molecule has 0 saturated carbocycles. The van der Waals surface area contributed by atoms with Crippen molar-refractivity contribution in [2.45, 2.75) is 6.92 Å². The molecule has 72 valence electrons. The average Bonchev–Trinajstić information content (AvgIpc) is 2.71. The van der Waals surface area contributed by atoms with E-state index in [4.69, 9.17) is 0 Å². The molecule has 0 radical (unpaired) electrons. The maximum absolute atomic E-state index is 4.20. The number of nitrogens with zero attached hydrogens (tertiary/aromatic N) is 1. The predicted octanol–water partition coefficient (Wildman–Crippen LogP) is 2.51. The van der Waals surface area contributed by atoms with E-state index in [0.29, 0.717) is 0 Å². The largest absolute Gasteiger partial charge is 0.385 e. The minimum Gasteiger partial charge on any atom is -0.385 e. The molecule has 0 spiro atoms. The standard InChI is InChI=1S/C11H13N3/c1-2-12-10-5-3-4-9(8-10)11-13-6-7-14-11/h3-8,12H,2H2,1H3,(H,13,14). The van der Waals surface area contributed by atoms with Gasteiger partial charge in [-0.3, -0.25) is 0 Å². The number of aromatic amines is 1. The summed E-state index contributed by atoms with van der Waals surface area (Å²) in [5.74, 6) is 0.907. The zero-order chi connectivity index (χ0) is 9.80. The van der Waals surface area contributed by atoms with Gasteiger partial charge in [0.2, 0.25) is 0 Å². The number of aromatic nitrogens is 2. The molecule has 14 heavy (non-hydrogen) atoms. The van der Waals surface area contributed by atoms with E-state index in [1.54, 1.807) is 6.20 Å². The van der Waals surface area contributed by atoms with Crippen LogP contribution in [0.5, 0.6) is 0 Å². The molecule has 0 aliphatic rings. The quantitative estimate of drug-likeness (QED) is 0.775. The number of anilines is 1. The van der Waals surface area contributed by atoms with Gasteiger partial charge in [-0.05, 0) is 19.1 Å². The zero-order valence-electron chi connectivity index (χ0n) is 8.12. The van der Waals surface area contributed by atoms with E-state index in [0.717, 1.165) is 23.6 Å². The third kappa shape index (κ3) is 1.76. The third-order valence-corrected chi connectivity index (χ3v) is 2.02. The molecule has 2 rings (SSSR count). The lowest BCUT2D eigenvalue weighted by Crippen LogP contribution is -1.96. The van der Waals surface area contributed by atoms with Crippen LogP contribution in [0.4, 0.5) is 5.69 Å². The second kappa shape index (κ2) is 3.96. The van der Waals surface area contributed by atoms with Gasteiger partial charge in [-0.25, -0.2) is 4.98 Å². The van der Waals surface area contributed by atoms with Gasteiger partial charge in [0.15, 0.2) is 0 Å². The minimum absolute atomic E-state index is 0.907. The van der Waals surface area contributed by atoms with E-state index in [2.05, 4.69) is 34.3 Å². The first-order chi connectivity index (χ1) is 6.90. The Morgan fingerprint density at radius 3 is 3.07 bits per heavy atom. The smallest absolute Gasteiger partial charge is 0.137 e. The molecule has 2 N–H and O–H groups in total. The molecule has 2 aromatic rings. The molecule has 0 atom stereocenters. The molecule has 0 aliphatic heterocycles. The third-order valence-electron chi connectivity index (χ3n) is 2.02. The van der Waals surface area contributed by atoms with Crippen LogP contribution in [0.25, 0.3) is 11.4 Å². The molecule has 0 saturated heterocycles. The van der Waals surface area contributed by atoms with Crippen molar-refractivity contribution in [1.29, 1.82) is 0 Å². The molecule has 1 heterocycles. The van der Waals surface area contributed by atoms with Crippen molar-refractivity contribution in [2.75, 3.05) is 11.9 Å². The van der Waals surface area contributed by atoms with Crippen LogP contribution in [0.15, 0.2) is 36.7 Å². The van der Waals surface area contributed by atoms with Gasteiger partial charge >= 0.3 is 0 Å². The van der Waals surface area contributed by atoms with Gasteiger partial charge in [0.1, 0.15) is 5.82 Å². The summed E-state index contributed by atoms with van der Waals surface area (Å²) in [5, 5.41) is 3.27. The number of rotatable bonds is 3. The summed E-state index contributed by atoms with van der Waals surface area (Å²) >= 11 is 0. The molecule has 0 unspecified atom stereocenters. The Morgan fingerprint density at radius 2 is 2.36 bits per heavy atom. The number of hydrogen-bond acceptors (Lipinski definition) is 2. The number of hydrogen-bond donors (Lipinski definition) is 2. The molecule has 0 fully saturated rings. The van der Waals surface area contributed by atoms with Crippen LogP contribution in [0.1, 0.15) is 6.92 Å². The van der Waals surface area contributed by atoms with Crippen molar-refractivity contribution in [3.8, 4) is 11.4 Å². The fourth-order valence-electron chi connectivity index (χ4n) is 1.40. The molecular formula is C11H13N3. The van der Waals surface area contributed by atoms with Crippen molar-refractivity contribution < 1.29 is 0 Å². The fraction of sp³-hybridized carbons (Fsp3) is 0.182. The highest BCUT2D eigenvalue weighted by molar-refractivity contribution is 5.62. The van der Waals surface area contributed by atoms with E-state index in [-0.39, 0.29) is 0 Å². The molecular weight excluding hydrogens is 174 g/mol. The highest BCUT2D eigenvalue weighted by Gasteiger charge is 1.99. The summed E-state index contributed by atoms with van der Waals surface area (Å²) in [4.78, 5) is 7.29. The summed E-state index contributed by atoms with van der Waals surface area (Å²) in [6.07, 6.45) is 3.59. The topological polar surface area (TPSA) is 40.7 Å². The van der Waals surface area contributed by atoms with Gasteiger partial charge in [-0.1, -0.05) is 12.1 Å². The minimum atomic E-state index is 0.907. The van der Waals surface area contributed by atoms with E-state index in [9.17, 15) is 0 Å². The summed E-state index contributed by atoms with van der Waals surface area (Å²) in [6, 6.07) is 8.20. The van der Waals surface area contributed by atoms with E-state index in [1.165, 1.54) is 0 Å². The Kier molecular flexibility index (Phi) is 2.49. The van der Waals surface area contributed by atoms with Gasteiger partial charge in [0.25, 0.3) is 0 Å². The van der Waals surface area contributed by atoms with Crippen LogP contribution in [0.3, 0.4) is 0 Å². The maximum atomic E-state index is 4.20. The summed E-state index contributed by atoms with van der Waals surface area (Å²) in [6.45, 7) is 3.02. The van der Waals surface area contributed by atoms with Gasteiger partial charge < -0.3 is 10.3 Å². The Bertz CT molecular complexity index is 393. The predicted molar refractivity (Wildman–Crippen MR) is 58.2 cm³/mol. The van der Waals surface area contributed by atoms with Crippen molar-refractivity contribution in [3.05, 3.63) is 36.7 Å². The Labute approximate surface area is 83.2 Å². The maximum Gasteiger partial charge on any atom is 0.137 e. The van der Waals surface area contributed by atoms with Crippen molar-refractivity contribution in [2.24, 2.45) is 0 Å². The first-order valence-corrected chi connectivity index (χ1v) is 4.74. The van der Waals surface area contributed by atoms with Crippen LogP contribution in [-0.2, 0) is 0 Å². The van der Waals surface area contributed by atoms with Gasteiger partial charge in [-0.15, -0.1) is 0 Å². The Morgan fingerprint density at radius 1 is 1.43 bits per heavy atom. The average molecular weight is 187 g/mol. The van der Waals surface area contributed by atoms with E-state index >= 15 is 0 Å². The van der Waals surface area contributed by atoms with Crippen molar-refractivity contribution in [3.63, 3.8) is 0 Å². The van der Waals surface area contributed by atoms with Gasteiger partial charge in [-0.2, -0.15) is 0 Å². The summed E-state index contributed by atoms with van der Waals surface area (Å²) < 4.78 is 0. The zero-order valence-corrected chi connectivity index (χ0v) is 8.12. The van der Waals surface area contributed by atoms with Crippen LogP contribution < -0.4 is 5.32 Å². The first-order valence-electron chi connectivity index (χ1n) is 4.74. The fourth-order valence-corrected chi connectivity index (χ4v) is 1.40. The molecule has 1 aromatic carbocycles. The number of nitrogens with one attached hydrogen (secondary N) is 2. The summed E-state index contributed by atoms with van der Waals surface area (Å²) in [7, 11) is 0. The highest BCUT2D eigenvalue weighted by Crippen LogP contribution is 2.18. The lowest BCUT2D eigenvalue weighted by Gasteiger charge is -2.04. The molecule has 3 heteroatoms. The van der Waals surface area contributed by atoms with Crippen LogP contribution in [0.2, 0.25) is 0 Å². The van der Waals surface area contributed by atoms with Crippen molar-refractivity contribution in [1.82, 2.24) is 9.97 Å². The molecule has 0 bridgehead atoms. The van der Waals surface area contributed by atoms with Gasteiger partial charge in [0, 0.05) is 30.2 Å². The van der Waals surface area contributed by atoms with E-state index < -0.39 is 0 Å². The number of imidazole rings is 1. The van der Waals surface area contributed by atoms with Crippen LogP contribution in [-0.4, -0.2) is 16.5 Å². The molecule has 0 amide bonds. The Hall–Kier alpha value is -1.77. The number of H-pyrrole nitrogens is 1. The van der Waals surface area contributed by atoms with Gasteiger partial charge in [0.05, 0.1) is 0 Å². The second-order valence-electron chi connectivity index (χ2n) is 3.05. The molecule has 0 aliphatic carbocycles. The lowest BCUT2D eigenvalue weighted by molar-refractivity contribution is 1.21.